The highest BCUT2D eigenvalue weighted by Gasteiger charge is 2.20. The fourth-order valence-electron chi connectivity index (χ4n) is 2.98. The van der Waals surface area contributed by atoms with Gasteiger partial charge in [-0.3, -0.25) is 9.69 Å². The van der Waals surface area contributed by atoms with Crippen LogP contribution in [-0.4, -0.2) is 41.9 Å². The maximum atomic E-state index is 13.0. The molecule has 0 aliphatic carbocycles. The Balaban J connectivity index is 1.60. The SMILES string of the molecule is O=C(c1cccc(Cl)c1)N1CCCN(Cc2ccc(F)cc2)CC1. The number of benzene rings is 2. The van der Waals surface area contributed by atoms with E-state index in [0.717, 1.165) is 38.2 Å². The van der Waals surface area contributed by atoms with Gasteiger partial charge in [0.05, 0.1) is 0 Å². The fourth-order valence-corrected chi connectivity index (χ4v) is 3.17. The van der Waals surface area contributed by atoms with E-state index in [-0.39, 0.29) is 11.7 Å². The van der Waals surface area contributed by atoms with Gasteiger partial charge in [-0.2, -0.15) is 0 Å². The van der Waals surface area contributed by atoms with E-state index < -0.39 is 0 Å². The van der Waals surface area contributed by atoms with Crippen LogP contribution in [0, 0.1) is 5.82 Å². The van der Waals surface area contributed by atoms with E-state index in [9.17, 15) is 9.18 Å². The third-order valence-electron chi connectivity index (χ3n) is 4.27. The summed E-state index contributed by atoms with van der Waals surface area (Å²) in [7, 11) is 0. The second kappa shape index (κ2) is 7.77. The summed E-state index contributed by atoms with van der Waals surface area (Å²) in [5.41, 5.74) is 1.72. The van der Waals surface area contributed by atoms with Gasteiger partial charge in [0.25, 0.3) is 5.91 Å². The van der Waals surface area contributed by atoms with Crippen LogP contribution in [0.15, 0.2) is 48.5 Å². The van der Waals surface area contributed by atoms with Gasteiger partial charge in [0.2, 0.25) is 0 Å². The summed E-state index contributed by atoms with van der Waals surface area (Å²) in [5, 5.41) is 0.577. The van der Waals surface area contributed by atoms with Crippen LogP contribution in [0.5, 0.6) is 0 Å². The Bertz CT molecular complexity index is 705. The highest BCUT2D eigenvalue weighted by molar-refractivity contribution is 6.30. The van der Waals surface area contributed by atoms with Crippen molar-refractivity contribution < 1.29 is 9.18 Å². The molecule has 0 spiro atoms. The number of nitrogens with zero attached hydrogens (tertiary/aromatic N) is 2. The largest absolute Gasteiger partial charge is 0.337 e. The third kappa shape index (κ3) is 4.34. The summed E-state index contributed by atoms with van der Waals surface area (Å²) in [6, 6.07) is 13.7. The Hall–Kier alpha value is -1.91. The number of carbonyl (C=O) groups is 1. The highest BCUT2D eigenvalue weighted by atomic mass is 35.5. The minimum atomic E-state index is -0.215. The van der Waals surface area contributed by atoms with E-state index in [0.29, 0.717) is 17.1 Å². The van der Waals surface area contributed by atoms with Gasteiger partial charge >= 0.3 is 0 Å². The van der Waals surface area contributed by atoms with Crippen molar-refractivity contribution in [1.82, 2.24) is 9.80 Å². The Morgan fingerprint density at radius 1 is 1.04 bits per heavy atom. The summed E-state index contributed by atoms with van der Waals surface area (Å²) >= 11 is 5.98. The molecule has 0 aromatic heterocycles. The first-order chi connectivity index (χ1) is 11.6. The normalized spacial score (nSPS) is 16.0. The lowest BCUT2D eigenvalue weighted by Crippen LogP contribution is -2.35. The van der Waals surface area contributed by atoms with Crippen molar-refractivity contribution in [1.29, 1.82) is 0 Å². The first-order valence-electron chi connectivity index (χ1n) is 8.13. The summed E-state index contributed by atoms with van der Waals surface area (Å²) in [4.78, 5) is 16.8. The molecule has 1 amide bonds. The van der Waals surface area contributed by atoms with E-state index in [1.807, 2.05) is 17.0 Å². The van der Waals surface area contributed by atoms with E-state index in [1.54, 1.807) is 24.3 Å². The van der Waals surface area contributed by atoms with Crippen LogP contribution in [0.1, 0.15) is 22.3 Å². The molecule has 0 saturated carbocycles. The van der Waals surface area contributed by atoms with Crippen LogP contribution in [0.3, 0.4) is 0 Å². The molecule has 3 nitrogen and oxygen atoms in total. The van der Waals surface area contributed by atoms with Gasteiger partial charge in [0.1, 0.15) is 5.82 Å². The lowest BCUT2D eigenvalue weighted by molar-refractivity contribution is 0.0761. The molecule has 1 heterocycles. The van der Waals surface area contributed by atoms with Gasteiger partial charge < -0.3 is 4.90 Å². The van der Waals surface area contributed by atoms with Crippen LogP contribution < -0.4 is 0 Å². The number of amides is 1. The van der Waals surface area contributed by atoms with Crippen molar-refractivity contribution in [3.63, 3.8) is 0 Å². The monoisotopic (exact) mass is 346 g/mol. The molecule has 1 aliphatic heterocycles. The highest BCUT2D eigenvalue weighted by Crippen LogP contribution is 2.15. The molecular formula is C19H20ClFN2O. The van der Waals surface area contributed by atoms with Crippen LogP contribution in [0.2, 0.25) is 5.02 Å². The molecule has 126 valence electrons. The quantitative estimate of drug-likeness (QED) is 0.843. The Kier molecular flexibility index (Phi) is 5.48. The molecule has 1 fully saturated rings. The van der Waals surface area contributed by atoms with E-state index in [1.165, 1.54) is 12.1 Å². The number of carbonyl (C=O) groups excluding carboxylic acids is 1. The van der Waals surface area contributed by atoms with Gasteiger partial charge in [0, 0.05) is 43.3 Å². The molecule has 1 aliphatic rings. The van der Waals surface area contributed by atoms with Crippen LogP contribution in [0.25, 0.3) is 0 Å². The maximum absolute atomic E-state index is 13.0. The van der Waals surface area contributed by atoms with Crippen molar-refractivity contribution in [2.75, 3.05) is 26.2 Å². The Labute approximate surface area is 146 Å². The Morgan fingerprint density at radius 2 is 1.83 bits per heavy atom. The van der Waals surface area contributed by atoms with Gasteiger partial charge in [-0.05, 0) is 42.3 Å². The Morgan fingerprint density at radius 3 is 2.58 bits per heavy atom. The zero-order valence-corrected chi connectivity index (χ0v) is 14.2. The molecule has 3 rings (SSSR count). The number of hydrogen-bond acceptors (Lipinski definition) is 2. The van der Waals surface area contributed by atoms with Crippen molar-refractivity contribution in [3.05, 3.63) is 70.5 Å². The molecule has 2 aromatic carbocycles. The van der Waals surface area contributed by atoms with Gasteiger partial charge in [-0.1, -0.05) is 29.8 Å². The standard InChI is InChI=1S/C19H20ClFN2O/c20-17-4-1-3-16(13-17)19(24)23-10-2-9-22(11-12-23)14-15-5-7-18(21)8-6-15/h1,3-8,13H,2,9-12,14H2. The average molecular weight is 347 g/mol. The molecule has 0 radical (unpaired) electrons. The smallest absolute Gasteiger partial charge is 0.253 e. The topological polar surface area (TPSA) is 23.6 Å². The number of rotatable bonds is 3. The zero-order valence-electron chi connectivity index (χ0n) is 13.4. The molecular weight excluding hydrogens is 327 g/mol. The fraction of sp³-hybridized carbons (Fsp3) is 0.316. The van der Waals surface area contributed by atoms with Crippen molar-refractivity contribution >= 4 is 17.5 Å². The molecule has 1 saturated heterocycles. The lowest BCUT2D eigenvalue weighted by Gasteiger charge is -2.22. The molecule has 5 heteroatoms. The predicted molar refractivity (Wildman–Crippen MR) is 93.6 cm³/mol. The van der Waals surface area contributed by atoms with Crippen LogP contribution in [-0.2, 0) is 6.54 Å². The van der Waals surface area contributed by atoms with Crippen LogP contribution >= 0.6 is 11.6 Å². The second-order valence-corrected chi connectivity index (χ2v) is 6.50. The number of halogens is 2. The van der Waals surface area contributed by atoms with E-state index >= 15 is 0 Å². The molecule has 0 bridgehead atoms. The summed E-state index contributed by atoms with van der Waals surface area (Å²) in [6.07, 6.45) is 0.924. The van der Waals surface area contributed by atoms with E-state index in [2.05, 4.69) is 4.90 Å². The van der Waals surface area contributed by atoms with Crippen molar-refractivity contribution in [3.8, 4) is 0 Å². The third-order valence-corrected chi connectivity index (χ3v) is 4.50. The second-order valence-electron chi connectivity index (χ2n) is 6.06. The van der Waals surface area contributed by atoms with Crippen LogP contribution in [0.4, 0.5) is 4.39 Å². The van der Waals surface area contributed by atoms with E-state index in [4.69, 9.17) is 11.6 Å². The lowest BCUT2D eigenvalue weighted by atomic mass is 10.2. The predicted octanol–water partition coefficient (Wildman–Crippen LogP) is 3.83. The van der Waals surface area contributed by atoms with Gasteiger partial charge in [0.15, 0.2) is 0 Å². The summed E-state index contributed by atoms with van der Waals surface area (Å²) < 4.78 is 13.0. The van der Waals surface area contributed by atoms with Gasteiger partial charge in [-0.15, -0.1) is 0 Å². The minimum Gasteiger partial charge on any atom is -0.337 e. The summed E-state index contributed by atoms with van der Waals surface area (Å²) in [5.74, 6) is -0.186. The first-order valence-corrected chi connectivity index (χ1v) is 8.51. The molecule has 0 N–H and O–H groups in total. The molecule has 0 atom stereocenters. The molecule has 24 heavy (non-hydrogen) atoms. The average Bonchev–Trinajstić information content (AvgIpc) is 2.82. The molecule has 0 unspecified atom stereocenters. The zero-order chi connectivity index (χ0) is 16.9. The van der Waals surface area contributed by atoms with Crippen molar-refractivity contribution in [2.45, 2.75) is 13.0 Å². The van der Waals surface area contributed by atoms with Gasteiger partial charge in [-0.25, -0.2) is 4.39 Å². The van der Waals surface area contributed by atoms with Crippen molar-refractivity contribution in [2.24, 2.45) is 0 Å². The molecule has 2 aromatic rings. The first kappa shape index (κ1) is 16.9. The summed E-state index contributed by atoms with van der Waals surface area (Å²) in [6.45, 7) is 3.94. The number of hydrogen-bond donors (Lipinski definition) is 0. The maximum Gasteiger partial charge on any atom is 0.253 e. The minimum absolute atomic E-state index is 0.0288.